The SMILES string of the molecule is Fc1c(F)c(F)c(-c2[nH]n3c(-c4ccccn4)nnc3c2C=C=CC=C2C=CSc3ccccc32)c(F)c1F. The van der Waals surface area contributed by atoms with Gasteiger partial charge in [-0.05, 0) is 59.0 Å². The number of halogens is 5. The number of rotatable bonds is 4. The van der Waals surface area contributed by atoms with Gasteiger partial charge in [0.15, 0.2) is 28.9 Å². The summed E-state index contributed by atoms with van der Waals surface area (Å²) in [7, 11) is 0. The summed E-state index contributed by atoms with van der Waals surface area (Å²) in [4.78, 5) is 5.27. The molecular weight excluding hydrogens is 533 g/mol. The van der Waals surface area contributed by atoms with E-state index in [1.54, 1.807) is 42.1 Å². The fourth-order valence-corrected chi connectivity index (χ4v) is 4.99. The molecule has 0 aliphatic carbocycles. The van der Waals surface area contributed by atoms with Crippen LogP contribution in [0, 0.1) is 29.1 Å². The third kappa shape index (κ3) is 4.18. The lowest BCUT2D eigenvalue weighted by atomic mass is 10.0. The van der Waals surface area contributed by atoms with E-state index < -0.39 is 40.3 Å². The number of fused-ring (bicyclic) bond motifs is 2. The Labute approximate surface area is 221 Å². The Morgan fingerprint density at radius 2 is 1.62 bits per heavy atom. The highest BCUT2D eigenvalue weighted by Crippen LogP contribution is 2.36. The second-order valence-electron chi connectivity index (χ2n) is 8.26. The predicted molar refractivity (Wildman–Crippen MR) is 138 cm³/mol. The third-order valence-corrected chi connectivity index (χ3v) is 6.86. The topological polar surface area (TPSA) is 58.9 Å². The number of allylic oxidation sites excluding steroid dienone is 4. The molecule has 0 saturated heterocycles. The molecule has 0 bridgehead atoms. The lowest BCUT2D eigenvalue weighted by Gasteiger charge is -2.11. The van der Waals surface area contributed by atoms with E-state index in [0.29, 0.717) is 5.69 Å². The van der Waals surface area contributed by atoms with Gasteiger partial charge in [0.1, 0.15) is 5.69 Å². The van der Waals surface area contributed by atoms with Gasteiger partial charge in [0.2, 0.25) is 11.6 Å². The van der Waals surface area contributed by atoms with E-state index in [0.717, 1.165) is 16.0 Å². The Morgan fingerprint density at radius 1 is 0.872 bits per heavy atom. The van der Waals surface area contributed by atoms with E-state index in [1.165, 1.54) is 16.8 Å². The minimum atomic E-state index is -2.25. The molecule has 5 aromatic rings. The number of aromatic amines is 1. The first kappa shape index (κ1) is 24.6. The van der Waals surface area contributed by atoms with Crippen LogP contribution in [0.15, 0.2) is 82.9 Å². The maximum Gasteiger partial charge on any atom is 0.201 e. The van der Waals surface area contributed by atoms with Crippen LogP contribution >= 0.6 is 11.8 Å². The van der Waals surface area contributed by atoms with Gasteiger partial charge < -0.3 is 0 Å². The molecular formula is C28H14F5N5S. The lowest BCUT2D eigenvalue weighted by Crippen LogP contribution is -2.05. The summed E-state index contributed by atoms with van der Waals surface area (Å²) >= 11 is 1.59. The fraction of sp³-hybridized carbons (Fsp3) is 0. The van der Waals surface area contributed by atoms with Crippen molar-refractivity contribution in [1.29, 1.82) is 0 Å². The average Bonchev–Trinajstić information content (AvgIpc) is 3.53. The van der Waals surface area contributed by atoms with E-state index in [2.05, 4.69) is 26.0 Å². The maximum absolute atomic E-state index is 14.8. The molecule has 3 aromatic heterocycles. The van der Waals surface area contributed by atoms with Crippen molar-refractivity contribution in [3.8, 4) is 22.8 Å². The Bertz CT molecular complexity index is 1850. The van der Waals surface area contributed by atoms with Crippen molar-refractivity contribution < 1.29 is 22.0 Å². The van der Waals surface area contributed by atoms with Gasteiger partial charge in [0.05, 0.1) is 16.8 Å². The summed E-state index contributed by atoms with van der Waals surface area (Å²) in [6, 6.07) is 12.8. The summed E-state index contributed by atoms with van der Waals surface area (Å²) in [5.41, 5.74) is 3.76. The van der Waals surface area contributed by atoms with Crippen LogP contribution in [0.25, 0.3) is 40.1 Å². The van der Waals surface area contributed by atoms with Gasteiger partial charge in [-0.3, -0.25) is 10.1 Å². The van der Waals surface area contributed by atoms with Crippen LogP contribution in [0.3, 0.4) is 0 Å². The number of nitrogens with zero attached hydrogens (tertiary/aromatic N) is 4. The van der Waals surface area contributed by atoms with Gasteiger partial charge in [0.25, 0.3) is 0 Å². The second kappa shape index (κ2) is 9.86. The molecule has 0 atom stereocenters. The molecule has 0 radical (unpaired) electrons. The van der Waals surface area contributed by atoms with Crippen LogP contribution in [0.2, 0.25) is 0 Å². The van der Waals surface area contributed by atoms with Crippen molar-refractivity contribution in [3.05, 3.63) is 118 Å². The minimum Gasteiger partial charge on any atom is -0.289 e. The van der Waals surface area contributed by atoms with Crippen molar-refractivity contribution >= 4 is 29.1 Å². The molecule has 2 aromatic carbocycles. The number of hydrogen-bond acceptors (Lipinski definition) is 4. The van der Waals surface area contributed by atoms with Gasteiger partial charge >= 0.3 is 0 Å². The zero-order chi connectivity index (χ0) is 27.1. The molecule has 39 heavy (non-hydrogen) atoms. The second-order valence-corrected chi connectivity index (χ2v) is 9.21. The zero-order valence-electron chi connectivity index (χ0n) is 19.6. The number of thioether (sulfide) groups is 1. The third-order valence-electron chi connectivity index (χ3n) is 5.98. The first-order valence-corrected chi connectivity index (χ1v) is 12.3. The van der Waals surface area contributed by atoms with Crippen molar-refractivity contribution in [2.75, 3.05) is 0 Å². The standard InChI is InChI=1S/C28H14F5N5S/c29-21-20(22(30)24(32)25(33)23(21)31)26-17(27-35-36-28(38(27)37-26)18-10-5-6-13-34-18)9-2-1-7-15-12-14-39-19-11-4-3-8-16(15)19/h1,3-14,37H. The average molecular weight is 548 g/mol. The molecule has 4 heterocycles. The monoisotopic (exact) mass is 547 g/mol. The molecule has 0 fully saturated rings. The highest BCUT2D eigenvalue weighted by atomic mass is 32.2. The Kier molecular flexibility index (Phi) is 6.22. The molecule has 1 aliphatic heterocycles. The molecule has 0 unspecified atom stereocenters. The number of H-pyrrole nitrogens is 1. The van der Waals surface area contributed by atoms with Crippen LogP contribution in [-0.4, -0.2) is 24.8 Å². The van der Waals surface area contributed by atoms with E-state index in [9.17, 15) is 22.0 Å². The van der Waals surface area contributed by atoms with Gasteiger partial charge in [-0.1, -0.05) is 36.0 Å². The van der Waals surface area contributed by atoms with Crippen LogP contribution in [0.4, 0.5) is 22.0 Å². The summed E-state index contributed by atoms with van der Waals surface area (Å²) in [5, 5.41) is 12.8. The minimum absolute atomic E-state index is 0.0117. The molecule has 6 rings (SSSR count). The summed E-state index contributed by atoms with van der Waals surface area (Å²) in [6.07, 6.45) is 8.14. The first-order valence-electron chi connectivity index (χ1n) is 11.4. The van der Waals surface area contributed by atoms with E-state index in [4.69, 9.17) is 0 Å². The number of nitrogens with one attached hydrogen (secondary N) is 1. The number of pyridine rings is 1. The van der Waals surface area contributed by atoms with E-state index in [-0.39, 0.29) is 17.0 Å². The normalized spacial score (nSPS) is 13.5. The Balaban J connectivity index is 1.54. The van der Waals surface area contributed by atoms with Gasteiger partial charge in [0, 0.05) is 11.1 Å². The summed E-state index contributed by atoms with van der Waals surface area (Å²) in [6.45, 7) is 0. The first-order chi connectivity index (χ1) is 19.0. The predicted octanol–water partition coefficient (Wildman–Crippen LogP) is 7.35. The Hall–Kier alpha value is -4.73. The molecule has 5 nitrogen and oxygen atoms in total. The van der Waals surface area contributed by atoms with Crippen molar-refractivity contribution in [1.82, 2.24) is 24.8 Å². The highest BCUT2D eigenvalue weighted by Gasteiger charge is 2.30. The number of aromatic nitrogens is 5. The number of hydrogen-bond donors (Lipinski definition) is 1. The van der Waals surface area contributed by atoms with Gasteiger partial charge in [-0.2, -0.15) is 0 Å². The maximum atomic E-state index is 14.8. The van der Waals surface area contributed by atoms with E-state index in [1.807, 2.05) is 35.7 Å². The van der Waals surface area contributed by atoms with Crippen LogP contribution in [0.1, 0.15) is 11.1 Å². The summed E-state index contributed by atoms with van der Waals surface area (Å²) < 4.78 is 72.9. The quantitative estimate of drug-likeness (QED) is 0.111. The Morgan fingerprint density at radius 3 is 2.38 bits per heavy atom. The van der Waals surface area contributed by atoms with Crippen molar-refractivity contribution in [3.63, 3.8) is 0 Å². The lowest BCUT2D eigenvalue weighted by molar-refractivity contribution is 0.381. The molecule has 192 valence electrons. The van der Waals surface area contributed by atoms with E-state index >= 15 is 0 Å². The van der Waals surface area contributed by atoms with Crippen LogP contribution in [0.5, 0.6) is 0 Å². The molecule has 0 spiro atoms. The molecule has 0 saturated carbocycles. The van der Waals surface area contributed by atoms with Gasteiger partial charge in [-0.25, -0.2) is 26.5 Å². The smallest absolute Gasteiger partial charge is 0.201 e. The highest BCUT2D eigenvalue weighted by molar-refractivity contribution is 8.02. The fourth-order valence-electron chi connectivity index (χ4n) is 4.15. The van der Waals surface area contributed by atoms with Crippen LogP contribution < -0.4 is 0 Å². The summed E-state index contributed by atoms with van der Waals surface area (Å²) in [5.74, 6) is -10.2. The van der Waals surface area contributed by atoms with Crippen molar-refractivity contribution in [2.24, 2.45) is 0 Å². The zero-order valence-corrected chi connectivity index (χ0v) is 20.4. The van der Waals surface area contributed by atoms with Crippen LogP contribution in [-0.2, 0) is 0 Å². The van der Waals surface area contributed by atoms with Gasteiger partial charge in [-0.15, -0.1) is 15.9 Å². The molecule has 0 amide bonds. The molecule has 1 aliphatic rings. The number of benzene rings is 2. The largest absolute Gasteiger partial charge is 0.289 e. The molecule has 1 N–H and O–H groups in total. The van der Waals surface area contributed by atoms with Crippen molar-refractivity contribution in [2.45, 2.75) is 4.90 Å². The molecule has 11 heteroatoms.